The van der Waals surface area contributed by atoms with Gasteiger partial charge >= 0.3 is 0 Å². The minimum atomic E-state index is -0.402. The normalized spacial score (nSPS) is 10.4. The SMILES string of the molecule is Cc1ccc(Cl)c(NC(=O)c2ccc(Cl)cc2Cl)c1Cl. The topological polar surface area (TPSA) is 29.1 Å². The van der Waals surface area contributed by atoms with E-state index in [1.165, 1.54) is 12.1 Å². The number of halogens is 4. The maximum Gasteiger partial charge on any atom is 0.257 e. The first-order chi connectivity index (χ1) is 9.40. The Hall–Kier alpha value is -0.930. The van der Waals surface area contributed by atoms with Crippen LogP contribution in [-0.2, 0) is 0 Å². The Bertz CT molecular complexity index is 685. The first-order valence-electron chi connectivity index (χ1n) is 5.61. The van der Waals surface area contributed by atoms with Crippen LogP contribution in [0.25, 0.3) is 0 Å². The van der Waals surface area contributed by atoms with Crippen molar-refractivity contribution in [1.29, 1.82) is 0 Å². The molecule has 0 saturated heterocycles. The van der Waals surface area contributed by atoms with E-state index in [0.717, 1.165) is 5.56 Å². The second-order valence-electron chi connectivity index (χ2n) is 4.13. The molecule has 6 heteroatoms. The standard InChI is InChI=1S/C14H9Cl4NO/c1-7-2-5-10(16)13(12(7)18)19-14(20)9-4-3-8(15)6-11(9)17/h2-6H,1H3,(H,19,20). The molecule has 0 aliphatic heterocycles. The molecule has 0 bridgehead atoms. The Morgan fingerprint density at radius 3 is 2.35 bits per heavy atom. The molecule has 0 unspecified atom stereocenters. The van der Waals surface area contributed by atoms with E-state index in [-0.39, 0.29) is 5.02 Å². The highest BCUT2D eigenvalue weighted by Gasteiger charge is 2.15. The van der Waals surface area contributed by atoms with E-state index in [2.05, 4.69) is 5.32 Å². The van der Waals surface area contributed by atoms with E-state index in [0.29, 0.717) is 26.3 Å². The van der Waals surface area contributed by atoms with E-state index < -0.39 is 5.91 Å². The number of aryl methyl sites for hydroxylation is 1. The number of rotatable bonds is 2. The Morgan fingerprint density at radius 2 is 1.70 bits per heavy atom. The number of carbonyl (C=O) groups is 1. The maximum absolute atomic E-state index is 12.2. The van der Waals surface area contributed by atoms with Crippen LogP contribution in [0, 0.1) is 6.92 Å². The van der Waals surface area contributed by atoms with Gasteiger partial charge in [0.25, 0.3) is 5.91 Å². The van der Waals surface area contributed by atoms with Crippen molar-refractivity contribution in [2.45, 2.75) is 6.92 Å². The molecule has 0 fully saturated rings. The zero-order chi connectivity index (χ0) is 14.9. The van der Waals surface area contributed by atoms with Crippen molar-refractivity contribution in [3.8, 4) is 0 Å². The lowest BCUT2D eigenvalue weighted by molar-refractivity contribution is 0.102. The van der Waals surface area contributed by atoms with Gasteiger partial charge in [-0.15, -0.1) is 0 Å². The lowest BCUT2D eigenvalue weighted by atomic mass is 10.2. The third-order valence-corrected chi connectivity index (χ3v) is 4.05. The lowest BCUT2D eigenvalue weighted by Gasteiger charge is -2.12. The van der Waals surface area contributed by atoms with Crippen LogP contribution in [0.5, 0.6) is 0 Å². The van der Waals surface area contributed by atoms with Gasteiger partial charge in [0.05, 0.1) is 26.3 Å². The third-order valence-electron chi connectivity index (χ3n) is 2.70. The molecule has 0 atom stereocenters. The molecule has 0 aliphatic rings. The second-order valence-corrected chi connectivity index (χ2v) is 5.76. The number of hydrogen-bond donors (Lipinski definition) is 1. The van der Waals surface area contributed by atoms with Gasteiger partial charge in [-0.1, -0.05) is 52.5 Å². The summed E-state index contributed by atoms with van der Waals surface area (Å²) in [5, 5.41) is 4.14. The number of nitrogens with one attached hydrogen (secondary N) is 1. The van der Waals surface area contributed by atoms with Crippen LogP contribution >= 0.6 is 46.4 Å². The maximum atomic E-state index is 12.2. The summed E-state index contributed by atoms with van der Waals surface area (Å²) in [7, 11) is 0. The van der Waals surface area contributed by atoms with Gasteiger partial charge in [-0.05, 0) is 36.8 Å². The number of hydrogen-bond acceptors (Lipinski definition) is 1. The van der Waals surface area contributed by atoms with Crippen molar-refractivity contribution >= 4 is 58.0 Å². The zero-order valence-electron chi connectivity index (χ0n) is 10.3. The molecule has 0 radical (unpaired) electrons. The first kappa shape index (κ1) is 15.5. The summed E-state index contributed by atoms with van der Waals surface area (Å²) < 4.78 is 0. The molecular weight excluding hydrogens is 340 g/mol. The van der Waals surface area contributed by atoms with Gasteiger partial charge in [0.1, 0.15) is 0 Å². The Labute approximate surface area is 136 Å². The van der Waals surface area contributed by atoms with Crippen molar-refractivity contribution in [2.24, 2.45) is 0 Å². The fourth-order valence-corrected chi connectivity index (χ4v) is 2.59. The highest BCUT2D eigenvalue weighted by Crippen LogP contribution is 2.33. The fourth-order valence-electron chi connectivity index (χ4n) is 1.63. The molecule has 0 saturated carbocycles. The highest BCUT2D eigenvalue weighted by atomic mass is 35.5. The molecule has 2 aromatic carbocycles. The molecule has 104 valence electrons. The van der Waals surface area contributed by atoms with Crippen molar-refractivity contribution < 1.29 is 4.79 Å². The van der Waals surface area contributed by atoms with Gasteiger partial charge in [0, 0.05) is 5.02 Å². The van der Waals surface area contributed by atoms with E-state index in [1.807, 2.05) is 6.92 Å². The summed E-state index contributed by atoms with van der Waals surface area (Å²) in [6.45, 7) is 1.82. The molecule has 1 amide bonds. The Balaban J connectivity index is 2.35. The highest BCUT2D eigenvalue weighted by molar-refractivity contribution is 6.41. The van der Waals surface area contributed by atoms with Gasteiger partial charge in [0.2, 0.25) is 0 Å². The summed E-state index contributed by atoms with van der Waals surface area (Å²) in [6, 6.07) is 8.06. The summed E-state index contributed by atoms with van der Waals surface area (Å²) >= 11 is 24.0. The molecule has 0 aliphatic carbocycles. The van der Waals surface area contributed by atoms with Crippen LogP contribution in [0.4, 0.5) is 5.69 Å². The van der Waals surface area contributed by atoms with Crippen LogP contribution in [0.1, 0.15) is 15.9 Å². The van der Waals surface area contributed by atoms with Crippen LogP contribution in [0.3, 0.4) is 0 Å². The third kappa shape index (κ3) is 3.21. The molecule has 0 aromatic heterocycles. The average Bonchev–Trinajstić information content (AvgIpc) is 2.39. The minimum absolute atomic E-state index is 0.259. The van der Waals surface area contributed by atoms with Crippen LogP contribution in [0.2, 0.25) is 20.1 Å². The number of amides is 1. The molecule has 2 aromatic rings. The Kier molecular flexibility index (Phi) is 4.82. The van der Waals surface area contributed by atoms with E-state index in [4.69, 9.17) is 46.4 Å². The first-order valence-corrected chi connectivity index (χ1v) is 7.12. The van der Waals surface area contributed by atoms with Crippen molar-refractivity contribution in [3.63, 3.8) is 0 Å². The molecule has 20 heavy (non-hydrogen) atoms. The van der Waals surface area contributed by atoms with E-state index >= 15 is 0 Å². The van der Waals surface area contributed by atoms with Gasteiger partial charge in [0.15, 0.2) is 0 Å². The van der Waals surface area contributed by atoms with Crippen LogP contribution in [0.15, 0.2) is 30.3 Å². The van der Waals surface area contributed by atoms with Gasteiger partial charge in [-0.3, -0.25) is 4.79 Å². The van der Waals surface area contributed by atoms with Gasteiger partial charge in [-0.25, -0.2) is 0 Å². The number of anilines is 1. The fraction of sp³-hybridized carbons (Fsp3) is 0.0714. The predicted octanol–water partition coefficient (Wildman–Crippen LogP) is 5.86. The van der Waals surface area contributed by atoms with Crippen molar-refractivity contribution in [1.82, 2.24) is 0 Å². The van der Waals surface area contributed by atoms with Gasteiger partial charge < -0.3 is 5.32 Å². The molecule has 0 spiro atoms. The predicted molar refractivity (Wildman–Crippen MR) is 85.6 cm³/mol. The average molecular weight is 349 g/mol. The summed E-state index contributed by atoms with van der Waals surface area (Å²) in [5.74, 6) is -0.402. The van der Waals surface area contributed by atoms with Gasteiger partial charge in [-0.2, -0.15) is 0 Å². The Morgan fingerprint density at radius 1 is 1.00 bits per heavy atom. The molecule has 1 N–H and O–H groups in total. The van der Waals surface area contributed by atoms with E-state index in [9.17, 15) is 4.79 Å². The second kappa shape index (κ2) is 6.23. The van der Waals surface area contributed by atoms with Crippen molar-refractivity contribution in [2.75, 3.05) is 5.32 Å². The molecule has 2 rings (SSSR count). The van der Waals surface area contributed by atoms with Crippen LogP contribution in [-0.4, -0.2) is 5.91 Å². The van der Waals surface area contributed by atoms with Crippen LogP contribution < -0.4 is 5.32 Å². The number of benzene rings is 2. The molecular formula is C14H9Cl4NO. The molecule has 2 nitrogen and oxygen atoms in total. The van der Waals surface area contributed by atoms with Crippen molar-refractivity contribution in [3.05, 3.63) is 61.5 Å². The van der Waals surface area contributed by atoms with E-state index in [1.54, 1.807) is 18.2 Å². The monoisotopic (exact) mass is 347 g/mol. The summed E-state index contributed by atoms with van der Waals surface area (Å²) in [4.78, 5) is 12.2. The smallest absolute Gasteiger partial charge is 0.257 e. The lowest BCUT2D eigenvalue weighted by Crippen LogP contribution is -2.13. The summed E-state index contributed by atoms with van der Waals surface area (Å²) in [5.41, 5.74) is 1.47. The summed E-state index contributed by atoms with van der Waals surface area (Å²) in [6.07, 6.45) is 0. The molecule has 0 heterocycles. The number of carbonyl (C=O) groups excluding carboxylic acids is 1. The largest absolute Gasteiger partial charge is 0.319 e. The minimum Gasteiger partial charge on any atom is -0.319 e. The quantitative estimate of drug-likeness (QED) is 0.723. The zero-order valence-corrected chi connectivity index (χ0v) is 13.3.